The van der Waals surface area contributed by atoms with Crippen LogP contribution in [0.25, 0.3) is 0 Å². The highest BCUT2D eigenvalue weighted by atomic mass is 32.1. The molecule has 0 aliphatic carbocycles. The van der Waals surface area contributed by atoms with Gasteiger partial charge in [-0.05, 0) is 12.2 Å². The third-order valence-electron chi connectivity index (χ3n) is 2.89. The molecule has 9 nitrogen and oxygen atoms in total. The normalized spacial score (nSPS) is 26.7. The number of hydrogen-bond acceptors (Lipinski definition) is 8. The van der Waals surface area contributed by atoms with Gasteiger partial charge in [0.1, 0.15) is 25.0 Å². The van der Waals surface area contributed by atoms with E-state index in [-0.39, 0.29) is 18.1 Å². The lowest BCUT2D eigenvalue weighted by Gasteiger charge is -2.40. The summed E-state index contributed by atoms with van der Waals surface area (Å²) in [5.41, 5.74) is 5.41. The molecular formula is C13H20N2O7S. The number of ether oxygens (including phenoxy) is 4. The molecule has 4 atom stereocenters. The molecular weight excluding hydrogens is 328 g/mol. The predicted molar refractivity (Wildman–Crippen MR) is 80.9 cm³/mol. The van der Waals surface area contributed by atoms with E-state index in [1.807, 2.05) is 0 Å². The topological polar surface area (TPSA) is 126 Å². The van der Waals surface area contributed by atoms with Crippen LogP contribution in [0, 0.1) is 0 Å². The lowest BCUT2D eigenvalue weighted by atomic mass is 10.0. The van der Waals surface area contributed by atoms with E-state index in [4.69, 9.17) is 36.9 Å². The van der Waals surface area contributed by atoms with Crippen LogP contribution in [0.2, 0.25) is 0 Å². The van der Waals surface area contributed by atoms with Gasteiger partial charge in [0.05, 0.1) is 0 Å². The zero-order valence-electron chi connectivity index (χ0n) is 13.1. The first-order valence-electron chi connectivity index (χ1n) is 6.88. The largest absolute Gasteiger partial charge is 0.463 e. The fourth-order valence-electron chi connectivity index (χ4n) is 2.19. The van der Waals surface area contributed by atoms with Crippen LogP contribution < -0.4 is 11.1 Å². The van der Waals surface area contributed by atoms with Gasteiger partial charge in [0.2, 0.25) is 0 Å². The maximum absolute atomic E-state index is 11.3. The monoisotopic (exact) mass is 348 g/mol. The van der Waals surface area contributed by atoms with Crippen LogP contribution in [-0.4, -0.2) is 54.2 Å². The summed E-state index contributed by atoms with van der Waals surface area (Å²) < 4.78 is 20.9. The molecule has 1 aliphatic heterocycles. The third-order valence-corrected chi connectivity index (χ3v) is 3.01. The summed E-state index contributed by atoms with van der Waals surface area (Å²) in [6.45, 7) is 3.50. The summed E-state index contributed by atoms with van der Waals surface area (Å²) in [6.07, 6.45) is -3.07. The molecule has 10 heteroatoms. The van der Waals surface area contributed by atoms with Crippen LogP contribution in [0.3, 0.4) is 0 Å². The fourth-order valence-corrected chi connectivity index (χ4v) is 2.32. The second-order valence-corrected chi connectivity index (χ2v) is 5.37. The molecule has 1 heterocycles. The van der Waals surface area contributed by atoms with E-state index in [0.29, 0.717) is 0 Å². The SMILES string of the molecule is CC(=O)OC[C@H]1O[C@H](NC(N)=S)C[C@@H](OC(C)=O)[C@@H]1OC(C)=O. The number of carbonyl (C=O) groups is 3. The van der Waals surface area contributed by atoms with Crippen molar-refractivity contribution in [3.63, 3.8) is 0 Å². The highest BCUT2D eigenvalue weighted by molar-refractivity contribution is 7.80. The second-order valence-electron chi connectivity index (χ2n) is 4.93. The van der Waals surface area contributed by atoms with Crippen molar-refractivity contribution in [3.05, 3.63) is 0 Å². The number of nitrogens with one attached hydrogen (secondary N) is 1. The summed E-state index contributed by atoms with van der Waals surface area (Å²) in [5, 5.41) is 2.69. The average molecular weight is 348 g/mol. The van der Waals surface area contributed by atoms with Crippen molar-refractivity contribution in [3.8, 4) is 0 Å². The molecule has 0 radical (unpaired) electrons. The second kappa shape index (κ2) is 8.63. The van der Waals surface area contributed by atoms with E-state index >= 15 is 0 Å². The highest BCUT2D eigenvalue weighted by Crippen LogP contribution is 2.25. The minimum Gasteiger partial charge on any atom is -0.463 e. The highest BCUT2D eigenvalue weighted by Gasteiger charge is 2.43. The fraction of sp³-hybridized carbons (Fsp3) is 0.692. The Labute approximate surface area is 138 Å². The first kappa shape index (κ1) is 19.1. The Morgan fingerprint density at radius 2 is 1.78 bits per heavy atom. The molecule has 0 amide bonds. The summed E-state index contributed by atoms with van der Waals surface area (Å²) in [4.78, 5) is 33.6. The first-order chi connectivity index (χ1) is 10.7. The average Bonchev–Trinajstić information content (AvgIpc) is 2.37. The molecule has 1 aliphatic rings. The standard InChI is InChI=1S/C13H20N2O7S/c1-6(16)19-5-10-12(21-8(3)18)9(20-7(2)17)4-11(22-10)15-13(14)23/h9-12H,4-5H2,1-3H3,(H3,14,15,23)/t9-,10-,11+,12+/m1/s1. The molecule has 1 rings (SSSR count). The molecule has 0 unspecified atom stereocenters. The van der Waals surface area contributed by atoms with E-state index in [1.54, 1.807) is 0 Å². The molecule has 0 bridgehead atoms. The number of carbonyl (C=O) groups excluding carboxylic acids is 3. The molecule has 3 N–H and O–H groups in total. The van der Waals surface area contributed by atoms with Gasteiger partial charge in [-0.1, -0.05) is 0 Å². The van der Waals surface area contributed by atoms with E-state index < -0.39 is 42.4 Å². The van der Waals surface area contributed by atoms with Crippen molar-refractivity contribution >= 4 is 35.2 Å². The van der Waals surface area contributed by atoms with E-state index in [9.17, 15) is 14.4 Å². The lowest BCUT2D eigenvalue weighted by Crippen LogP contribution is -2.58. The van der Waals surface area contributed by atoms with Crippen LogP contribution in [0.15, 0.2) is 0 Å². The zero-order chi connectivity index (χ0) is 17.6. The molecule has 0 aromatic carbocycles. The van der Waals surface area contributed by atoms with Crippen molar-refractivity contribution in [2.75, 3.05) is 6.61 Å². The number of rotatable bonds is 5. The number of thiocarbonyl (C=S) groups is 1. The van der Waals surface area contributed by atoms with Crippen LogP contribution in [0.5, 0.6) is 0 Å². The third kappa shape index (κ3) is 6.78. The van der Waals surface area contributed by atoms with Gasteiger partial charge in [-0.3, -0.25) is 14.4 Å². The van der Waals surface area contributed by atoms with Crippen LogP contribution in [0.1, 0.15) is 27.2 Å². The van der Waals surface area contributed by atoms with Crippen molar-refractivity contribution < 1.29 is 33.3 Å². The Kier molecular flexibility index (Phi) is 7.17. The van der Waals surface area contributed by atoms with Gasteiger partial charge in [-0.2, -0.15) is 0 Å². The minimum absolute atomic E-state index is 0.00579. The van der Waals surface area contributed by atoms with Crippen molar-refractivity contribution in [2.45, 2.75) is 51.7 Å². The van der Waals surface area contributed by atoms with Crippen LogP contribution in [-0.2, 0) is 33.3 Å². The molecule has 130 valence electrons. The number of hydrogen-bond donors (Lipinski definition) is 2. The van der Waals surface area contributed by atoms with Gasteiger partial charge in [0.25, 0.3) is 0 Å². The zero-order valence-corrected chi connectivity index (χ0v) is 13.9. The van der Waals surface area contributed by atoms with Crippen molar-refractivity contribution in [2.24, 2.45) is 5.73 Å². The van der Waals surface area contributed by atoms with E-state index in [2.05, 4.69) is 5.32 Å². The predicted octanol–water partition coefficient (Wildman–Crippen LogP) is -0.639. The Morgan fingerprint density at radius 3 is 2.26 bits per heavy atom. The Morgan fingerprint density at radius 1 is 1.17 bits per heavy atom. The smallest absolute Gasteiger partial charge is 0.303 e. The Bertz CT molecular complexity index is 485. The van der Waals surface area contributed by atoms with Gasteiger partial charge >= 0.3 is 17.9 Å². The van der Waals surface area contributed by atoms with E-state index in [0.717, 1.165) is 0 Å². The van der Waals surface area contributed by atoms with Crippen LogP contribution >= 0.6 is 12.2 Å². The summed E-state index contributed by atoms with van der Waals surface area (Å²) in [6, 6.07) is 0. The van der Waals surface area contributed by atoms with Crippen LogP contribution in [0.4, 0.5) is 0 Å². The van der Waals surface area contributed by atoms with E-state index in [1.165, 1.54) is 20.8 Å². The first-order valence-corrected chi connectivity index (χ1v) is 7.29. The van der Waals surface area contributed by atoms with Gasteiger partial charge < -0.3 is 30.0 Å². The number of nitrogens with two attached hydrogens (primary N) is 1. The molecule has 0 aromatic rings. The molecule has 1 saturated heterocycles. The molecule has 1 fully saturated rings. The number of esters is 3. The lowest BCUT2D eigenvalue weighted by molar-refractivity contribution is -0.216. The quantitative estimate of drug-likeness (QED) is 0.376. The molecule has 23 heavy (non-hydrogen) atoms. The maximum Gasteiger partial charge on any atom is 0.303 e. The Hall–Kier alpha value is -1.94. The van der Waals surface area contributed by atoms with Crippen molar-refractivity contribution in [1.29, 1.82) is 0 Å². The summed E-state index contributed by atoms with van der Waals surface area (Å²) >= 11 is 4.76. The van der Waals surface area contributed by atoms with Gasteiger partial charge in [0, 0.05) is 27.2 Å². The van der Waals surface area contributed by atoms with Gasteiger partial charge in [0.15, 0.2) is 11.2 Å². The van der Waals surface area contributed by atoms with Gasteiger partial charge in [-0.25, -0.2) is 0 Å². The maximum atomic E-state index is 11.3. The summed E-state index contributed by atoms with van der Waals surface area (Å²) in [7, 11) is 0. The van der Waals surface area contributed by atoms with Gasteiger partial charge in [-0.15, -0.1) is 0 Å². The summed E-state index contributed by atoms with van der Waals surface area (Å²) in [5.74, 6) is -1.65. The molecule has 0 aromatic heterocycles. The molecule has 0 saturated carbocycles. The van der Waals surface area contributed by atoms with Crippen molar-refractivity contribution in [1.82, 2.24) is 5.32 Å². The minimum atomic E-state index is -0.917. The molecule has 0 spiro atoms. The Balaban J connectivity index is 2.94.